The number of morpholine rings is 1. The molecule has 1 saturated heterocycles. The van der Waals surface area contributed by atoms with Crippen LogP contribution in [-0.2, 0) is 27.1 Å². The van der Waals surface area contributed by atoms with Crippen LogP contribution in [0.2, 0.25) is 0 Å². The fourth-order valence-corrected chi connectivity index (χ4v) is 3.74. The number of hydrogen-bond donors (Lipinski definition) is 0. The highest BCUT2D eigenvalue weighted by atomic mass is 16.5. The average molecular weight is 339 g/mol. The number of esters is 1. The number of hydrogen-bond acceptors (Lipinski definition) is 4. The molecular weight excluding hydrogens is 318 g/mol. The molecule has 4 rings (SSSR count). The Morgan fingerprint density at radius 3 is 2.56 bits per heavy atom. The number of carbonyl (C=O) groups excluding carboxylic acids is 2. The highest BCUT2D eigenvalue weighted by Crippen LogP contribution is 2.33. The Hall–Kier alpha value is -2.40. The Morgan fingerprint density at radius 2 is 1.80 bits per heavy atom. The van der Waals surface area contributed by atoms with Crippen LogP contribution in [0.15, 0.2) is 30.3 Å². The van der Waals surface area contributed by atoms with Crippen molar-refractivity contribution in [2.24, 2.45) is 0 Å². The van der Waals surface area contributed by atoms with Gasteiger partial charge in [-0.05, 0) is 47.7 Å². The van der Waals surface area contributed by atoms with E-state index in [0.29, 0.717) is 31.9 Å². The number of carbonyl (C=O) groups is 2. The zero-order valence-corrected chi connectivity index (χ0v) is 14.3. The molecule has 0 N–H and O–H groups in total. The molecule has 2 aliphatic rings. The molecule has 1 amide bonds. The van der Waals surface area contributed by atoms with Crippen LogP contribution in [0.5, 0.6) is 0 Å². The minimum atomic E-state index is -0.798. The second-order valence-corrected chi connectivity index (χ2v) is 6.60. The monoisotopic (exact) mass is 339 g/mol. The van der Waals surface area contributed by atoms with Gasteiger partial charge in [-0.3, -0.25) is 4.79 Å². The van der Waals surface area contributed by atoms with Crippen LogP contribution in [0.1, 0.15) is 28.4 Å². The first kappa shape index (κ1) is 16.1. The normalized spacial score (nSPS) is 17.6. The van der Waals surface area contributed by atoms with Crippen LogP contribution in [0.25, 0.3) is 10.8 Å². The zero-order valence-electron chi connectivity index (χ0n) is 14.3. The molecule has 5 heteroatoms. The van der Waals surface area contributed by atoms with Crippen molar-refractivity contribution in [3.63, 3.8) is 0 Å². The van der Waals surface area contributed by atoms with Gasteiger partial charge in [0.2, 0.25) is 0 Å². The van der Waals surface area contributed by atoms with Gasteiger partial charge in [0, 0.05) is 13.1 Å². The zero-order chi connectivity index (χ0) is 17.4. The van der Waals surface area contributed by atoms with E-state index in [2.05, 4.69) is 6.07 Å². The highest BCUT2D eigenvalue weighted by molar-refractivity contribution is 6.07. The summed E-state index contributed by atoms with van der Waals surface area (Å²) in [5.41, 5.74) is 3.09. The Bertz CT molecular complexity index is 829. The first-order valence-corrected chi connectivity index (χ1v) is 8.76. The van der Waals surface area contributed by atoms with Crippen molar-refractivity contribution >= 4 is 22.6 Å². The molecule has 1 heterocycles. The number of rotatable bonds is 3. The van der Waals surface area contributed by atoms with Gasteiger partial charge in [0.25, 0.3) is 5.91 Å². The summed E-state index contributed by atoms with van der Waals surface area (Å²) in [5.74, 6) is -0.604. The van der Waals surface area contributed by atoms with Crippen LogP contribution in [0.3, 0.4) is 0 Å². The van der Waals surface area contributed by atoms with Crippen molar-refractivity contribution in [1.82, 2.24) is 4.90 Å². The first-order chi connectivity index (χ1) is 12.1. The van der Waals surface area contributed by atoms with Gasteiger partial charge < -0.3 is 14.4 Å². The third-order valence-corrected chi connectivity index (χ3v) is 5.05. The van der Waals surface area contributed by atoms with Crippen LogP contribution < -0.4 is 0 Å². The molecular formula is C20H21NO4. The van der Waals surface area contributed by atoms with Crippen LogP contribution in [-0.4, -0.2) is 49.2 Å². The fourth-order valence-electron chi connectivity index (χ4n) is 3.74. The van der Waals surface area contributed by atoms with Gasteiger partial charge in [-0.15, -0.1) is 0 Å². The van der Waals surface area contributed by atoms with Gasteiger partial charge in [0.1, 0.15) is 0 Å². The SMILES string of the molecule is CC(OC(=O)c1ccc2c3c(cccc13)CC2)C(=O)N1CCOCC1. The third kappa shape index (κ3) is 2.89. The molecule has 1 aliphatic heterocycles. The Kier molecular flexibility index (Phi) is 4.17. The summed E-state index contributed by atoms with van der Waals surface area (Å²) in [7, 11) is 0. The number of amides is 1. The molecule has 25 heavy (non-hydrogen) atoms. The Morgan fingerprint density at radius 1 is 1.08 bits per heavy atom. The molecule has 1 aliphatic carbocycles. The number of benzene rings is 2. The summed E-state index contributed by atoms with van der Waals surface area (Å²) in [6, 6.07) is 9.87. The molecule has 1 fully saturated rings. The van der Waals surface area contributed by atoms with Gasteiger partial charge in [0.15, 0.2) is 6.10 Å². The molecule has 1 unspecified atom stereocenters. The van der Waals surface area contributed by atoms with Crippen LogP contribution in [0, 0.1) is 0 Å². The second-order valence-electron chi connectivity index (χ2n) is 6.60. The minimum Gasteiger partial charge on any atom is -0.449 e. The molecule has 2 aromatic carbocycles. The first-order valence-electron chi connectivity index (χ1n) is 8.76. The number of nitrogens with zero attached hydrogens (tertiary/aromatic N) is 1. The lowest BCUT2D eigenvalue weighted by molar-refractivity contribution is -0.143. The molecule has 0 saturated carbocycles. The van der Waals surface area contributed by atoms with Gasteiger partial charge in [-0.25, -0.2) is 4.79 Å². The standard InChI is InChI=1S/C20H21NO4/c1-13(19(22)21-9-11-24-12-10-21)25-20(23)17-8-7-15-6-5-14-3-2-4-16(17)18(14)15/h2-4,7-8,13H,5-6,9-12H2,1H3. The summed E-state index contributed by atoms with van der Waals surface area (Å²) in [4.78, 5) is 26.8. The molecule has 0 radical (unpaired) electrons. The van der Waals surface area contributed by atoms with Gasteiger partial charge in [-0.2, -0.15) is 0 Å². The van der Waals surface area contributed by atoms with E-state index in [1.807, 2.05) is 24.3 Å². The van der Waals surface area contributed by atoms with E-state index >= 15 is 0 Å². The largest absolute Gasteiger partial charge is 0.449 e. The summed E-state index contributed by atoms with van der Waals surface area (Å²) in [6.07, 6.45) is 1.22. The number of ether oxygens (including phenoxy) is 2. The van der Waals surface area contributed by atoms with E-state index in [0.717, 1.165) is 18.2 Å². The summed E-state index contributed by atoms with van der Waals surface area (Å²) in [6.45, 7) is 3.78. The second kappa shape index (κ2) is 6.48. The number of aryl methyl sites for hydroxylation is 2. The van der Waals surface area contributed by atoms with Gasteiger partial charge in [0.05, 0.1) is 18.8 Å². The lowest BCUT2D eigenvalue weighted by Gasteiger charge is -2.29. The maximum Gasteiger partial charge on any atom is 0.339 e. The average Bonchev–Trinajstić information content (AvgIpc) is 3.07. The minimum absolute atomic E-state index is 0.164. The van der Waals surface area contributed by atoms with E-state index in [-0.39, 0.29) is 5.91 Å². The van der Waals surface area contributed by atoms with Crippen molar-refractivity contribution in [2.75, 3.05) is 26.3 Å². The van der Waals surface area contributed by atoms with Gasteiger partial charge in [-0.1, -0.05) is 24.3 Å². The Balaban J connectivity index is 1.55. The lowest BCUT2D eigenvalue weighted by Crippen LogP contribution is -2.46. The van der Waals surface area contributed by atoms with E-state index < -0.39 is 12.1 Å². The molecule has 5 nitrogen and oxygen atoms in total. The van der Waals surface area contributed by atoms with Gasteiger partial charge >= 0.3 is 5.97 Å². The lowest BCUT2D eigenvalue weighted by atomic mass is 10.00. The maximum atomic E-state index is 12.7. The van der Waals surface area contributed by atoms with Crippen molar-refractivity contribution in [2.45, 2.75) is 25.9 Å². The van der Waals surface area contributed by atoms with Crippen molar-refractivity contribution in [3.8, 4) is 0 Å². The molecule has 0 bridgehead atoms. The van der Waals surface area contributed by atoms with Crippen LogP contribution in [0.4, 0.5) is 0 Å². The summed E-state index contributed by atoms with van der Waals surface area (Å²) < 4.78 is 10.7. The molecule has 1 atom stereocenters. The van der Waals surface area contributed by atoms with E-state index in [9.17, 15) is 9.59 Å². The van der Waals surface area contributed by atoms with Crippen LogP contribution >= 0.6 is 0 Å². The summed E-state index contributed by atoms with van der Waals surface area (Å²) >= 11 is 0. The van der Waals surface area contributed by atoms with Crippen molar-refractivity contribution in [1.29, 1.82) is 0 Å². The Labute approximate surface area is 146 Å². The predicted octanol–water partition coefficient (Wildman–Crippen LogP) is 2.34. The molecule has 130 valence electrons. The third-order valence-electron chi connectivity index (χ3n) is 5.05. The van der Waals surface area contributed by atoms with E-state index in [1.54, 1.807) is 11.8 Å². The van der Waals surface area contributed by atoms with Crippen molar-refractivity contribution in [3.05, 3.63) is 47.0 Å². The van der Waals surface area contributed by atoms with Crippen molar-refractivity contribution < 1.29 is 19.1 Å². The molecule has 0 spiro atoms. The topological polar surface area (TPSA) is 55.8 Å². The van der Waals surface area contributed by atoms with E-state index in [1.165, 1.54) is 16.5 Å². The summed E-state index contributed by atoms with van der Waals surface area (Å²) in [5, 5.41) is 2.09. The predicted molar refractivity (Wildman–Crippen MR) is 93.6 cm³/mol. The highest BCUT2D eigenvalue weighted by Gasteiger charge is 2.27. The fraction of sp³-hybridized carbons (Fsp3) is 0.400. The van der Waals surface area contributed by atoms with E-state index in [4.69, 9.17) is 9.47 Å². The quantitative estimate of drug-likeness (QED) is 0.806. The maximum absolute atomic E-state index is 12.7. The molecule has 2 aromatic rings. The molecule has 0 aromatic heterocycles. The smallest absolute Gasteiger partial charge is 0.339 e.